The summed E-state index contributed by atoms with van der Waals surface area (Å²) in [4.78, 5) is 18.6. The molecule has 1 aliphatic heterocycles. The number of halogens is 2. The summed E-state index contributed by atoms with van der Waals surface area (Å²) >= 11 is 0. The highest BCUT2D eigenvalue weighted by molar-refractivity contribution is 5.98. The number of ketones is 1. The molecular formula is C19H17F2N3O2. The molecule has 0 spiro atoms. The number of aromatic nitrogens is 1. The first-order valence-electron chi connectivity index (χ1n) is 8.22. The van der Waals surface area contributed by atoms with E-state index >= 15 is 0 Å². The van der Waals surface area contributed by atoms with E-state index in [1.165, 1.54) is 13.3 Å². The number of rotatable bonds is 4. The minimum absolute atomic E-state index is 0.217. The Bertz CT molecular complexity index is 880. The van der Waals surface area contributed by atoms with Gasteiger partial charge in [-0.3, -0.25) is 4.79 Å². The van der Waals surface area contributed by atoms with Gasteiger partial charge >= 0.3 is 0 Å². The third-order valence-electron chi connectivity index (χ3n) is 4.53. The van der Waals surface area contributed by atoms with E-state index in [0.29, 0.717) is 37.2 Å². The molecule has 3 rings (SSSR count). The normalized spacial score (nSPS) is 16.8. The van der Waals surface area contributed by atoms with Crippen LogP contribution in [-0.4, -0.2) is 31.0 Å². The van der Waals surface area contributed by atoms with E-state index in [1.54, 1.807) is 6.07 Å². The van der Waals surface area contributed by atoms with Crippen LogP contribution in [0.5, 0.6) is 5.88 Å². The van der Waals surface area contributed by atoms with Crippen molar-refractivity contribution in [2.24, 2.45) is 5.92 Å². The maximum Gasteiger partial charge on any atom is 0.233 e. The van der Waals surface area contributed by atoms with E-state index in [9.17, 15) is 18.8 Å². The average Bonchev–Trinajstić information content (AvgIpc) is 2.68. The van der Waals surface area contributed by atoms with Gasteiger partial charge in [0.15, 0.2) is 5.78 Å². The van der Waals surface area contributed by atoms with Crippen LogP contribution in [0, 0.1) is 28.9 Å². The molecule has 0 amide bonds. The van der Waals surface area contributed by atoms with Crippen LogP contribution in [0.1, 0.15) is 28.8 Å². The van der Waals surface area contributed by atoms with Gasteiger partial charge in [0.1, 0.15) is 23.3 Å². The largest absolute Gasteiger partial charge is 0.480 e. The van der Waals surface area contributed by atoms with E-state index in [-0.39, 0.29) is 11.4 Å². The summed E-state index contributed by atoms with van der Waals surface area (Å²) in [6.45, 7) is 0.966. The lowest BCUT2D eigenvalue weighted by atomic mass is 9.89. The third-order valence-corrected chi connectivity index (χ3v) is 4.53. The van der Waals surface area contributed by atoms with Crippen molar-refractivity contribution in [1.29, 1.82) is 5.26 Å². The Morgan fingerprint density at radius 2 is 2.19 bits per heavy atom. The van der Waals surface area contributed by atoms with Crippen molar-refractivity contribution in [2.75, 3.05) is 25.1 Å². The summed E-state index contributed by atoms with van der Waals surface area (Å²) in [5.74, 6) is -2.06. The highest BCUT2D eigenvalue weighted by atomic mass is 19.1. The molecule has 5 nitrogen and oxygen atoms in total. The fourth-order valence-electron chi connectivity index (χ4n) is 3.27. The Morgan fingerprint density at radius 1 is 1.38 bits per heavy atom. The molecule has 1 aliphatic rings. The smallest absolute Gasteiger partial charge is 0.233 e. The van der Waals surface area contributed by atoms with Gasteiger partial charge in [0.25, 0.3) is 0 Å². The number of carbonyl (C=O) groups is 1. The van der Waals surface area contributed by atoms with Crippen molar-refractivity contribution in [1.82, 2.24) is 4.98 Å². The number of benzene rings is 1. The minimum atomic E-state index is -0.725. The molecule has 0 aliphatic carbocycles. The summed E-state index contributed by atoms with van der Waals surface area (Å²) in [6.07, 6.45) is 2.81. The fourth-order valence-corrected chi connectivity index (χ4v) is 3.27. The minimum Gasteiger partial charge on any atom is -0.480 e. The van der Waals surface area contributed by atoms with Crippen LogP contribution in [0.25, 0.3) is 0 Å². The molecule has 1 fully saturated rings. The van der Waals surface area contributed by atoms with Gasteiger partial charge < -0.3 is 9.64 Å². The van der Waals surface area contributed by atoms with Gasteiger partial charge in [-0.2, -0.15) is 5.26 Å². The first-order valence-corrected chi connectivity index (χ1v) is 8.22. The Kier molecular flexibility index (Phi) is 5.12. The number of hydrogen-bond donors (Lipinski definition) is 0. The summed E-state index contributed by atoms with van der Waals surface area (Å²) in [6, 6.07) is 6.66. The Labute approximate surface area is 149 Å². The topological polar surface area (TPSA) is 66.2 Å². The maximum atomic E-state index is 13.9. The molecule has 2 aromatic rings. The van der Waals surface area contributed by atoms with Crippen LogP contribution in [0.3, 0.4) is 0 Å². The van der Waals surface area contributed by atoms with Crippen LogP contribution in [0.15, 0.2) is 30.5 Å². The highest BCUT2D eigenvalue weighted by Crippen LogP contribution is 2.31. The average molecular weight is 357 g/mol. The van der Waals surface area contributed by atoms with Gasteiger partial charge in [0.2, 0.25) is 5.88 Å². The van der Waals surface area contributed by atoms with Crippen LogP contribution in [0.2, 0.25) is 0 Å². The molecule has 0 bridgehead atoms. The van der Waals surface area contributed by atoms with Gasteiger partial charge in [-0.1, -0.05) is 0 Å². The van der Waals surface area contributed by atoms with Crippen molar-refractivity contribution in [3.63, 3.8) is 0 Å². The second-order valence-electron chi connectivity index (χ2n) is 6.10. The summed E-state index contributed by atoms with van der Waals surface area (Å²) < 4.78 is 32.5. The lowest BCUT2D eigenvalue weighted by Crippen LogP contribution is -2.39. The number of methoxy groups -OCH3 is 1. The number of hydrogen-bond acceptors (Lipinski definition) is 5. The van der Waals surface area contributed by atoms with E-state index in [1.807, 2.05) is 4.90 Å². The van der Waals surface area contributed by atoms with Gasteiger partial charge in [0, 0.05) is 25.2 Å². The molecule has 0 saturated carbocycles. The number of anilines is 1. The van der Waals surface area contributed by atoms with E-state index < -0.39 is 23.3 Å². The molecule has 26 heavy (non-hydrogen) atoms. The second-order valence-corrected chi connectivity index (χ2v) is 6.10. The van der Waals surface area contributed by atoms with Crippen molar-refractivity contribution < 1.29 is 18.3 Å². The molecule has 7 heteroatoms. The van der Waals surface area contributed by atoms with Gasteiger partial charge in [-0.15, -0.1) is 0 Å². The Morgan fingerprint density at radius 3 is 2.92 bits per heavy atom. The van der Waals surface area contributed by atoms with Gasteiger partial charge in [-0.05, 0) is 37.1 Å². The van der Waals surface area contributed by atoms with Crippen LogP contribution >= 0.6 is 0 Å². The summed E-state index contributed by atoms with van der Waals surface area (Å²) in [5.41, 5.74) is 0.682. The van der Waals surface area contributed by atoms with E-state index in [0.717, 1.165) is 18.2 Å². The molecule has 0 N–H and O–H groups in total. The molecule has 1 aromatic carbocycles. The molecule has 1 aromatic heterocycles. The van der Waals surface area contributed by atoms with Gasteiger partial charge in [-0.25, -0.2) is 13.8 Å². The first kappa shape index (κ1) is 17.8. The number of carbonyl (C=O) groups excluding carboxylic acids is 1. The zero-order valence-corrected chi connectivity index (χ0v) is 14.2. The lowest BCUT2D eigenvalue weighted by Gasteiger charge is -2.34. The molecular weight excluding hydrogens is 340 g/mol. The van der Waals surface area contributed by atoms with Crippen LogP contribution < -0.4 is 9.64 Å². The number of piperidine rings is 1. The van der Waals surface area contributed by atoms with E-state index in [2.05, 4.69) is 11.1 Å². The third kappa shape index (κ3) is 3.36. The van der Waals surface area contributed by atoms with Crippen molar-refractivity contribution in [3.05, 3.63) is 53.2 Å². The van der Waals surface area contributed by atoms with Crippen molar-refractivity contribution in [2.45, 2.75) is 12.8 Å². The SMILES string of the molecule is COc1nccc(N2CCC[C@H](C(=O)c3cc(F)ccc3F)C2)c1C#N. The molecule has 0 radical (unpaired) electrons. The number of pyridine rings is 1. The first-order chi connectivity index (χ1) is 12.5. The quantitative estimate of drug-likeness (QED) is 0.785. The predicted molar refractivity (Wildman–Crippen MR) is 91.1 cm³/mol. The predicted octanol–water partition coefficient (Wildman–Crippen LogP) is 3.34. The maximum absolute atomic E-state index is 13.9. The number of ether oxygens (including phenoxy) is 1. The Hall–Kier alpha value is -3.01. The van der Waals surface area contributed by atoms with Gasteiger partial charge in [0.05, 0.1) is 18.4 Å². The molecule has 1 saturated heterocycles. The summed E-state index contributed by atoms with van der Waals surface area (Å²) in [7, 11) is 1.43. The zero-order valence-electron chi connectivity index (χ0n) is 14.2. The van der Waals surface area contributed by atoms with E-state index in [4.69, 9.17) is 4.74 Å². The van der Waals surface area contributed by atoms with Crippen molar-refractivity contribution in [3.8, 4) is 11.9 Å². The molecule has 0 unspecified atom stereocenters. The Balaban J connectivity index is 1.88. The number of Topliss-reactive ketones (excluding diaryl/α,β-unsaturated/α-hetero) is 1. The lowest BCUT2D eigenvalue weighted by molar-refractivity contribution is 0.0902. The van der Waals surface area contributed by atoms with Crippen molar-refractivity contribution >= 4 is 11.5 Å². The fraction of sp³-hybridized carbons (Fsp3) is 0.316. The van der Waals surface area contributed by atoms with Crippen LogP contribution in [0.4, 0.5) is 14.5 Å². The number of nitrogens with zero attached hydrogens (tertiary/aromatic N) is 3. The molecule has 134 valence electrons. The molecule has 1 atom stereocenters. The highest BCUT2D eigenvalue weighted by Gasteiger charge is 2.30. The monoisotopic (exact) mass is 357 g/mol. The molecule has 2 heterocycles. The van der Waals surface area contributed by atoms with Crippen LogP contribution in [-0.2, 0) is 0 Å². The summed E-state index contributed by atoms with van der Waals surface area (Å²) in [5, 5.41) is 9.43. The standard InChI is InChI=1S/C19H17F2N3O2/c1-26-19-15(10-22)17(6-7-23-19)24-8-2-3-12(11-24)18(25)14-9-13(20)4-5-16(14)21/h4-7,9,12H,2-3,8,11H2,1H3/t12-/m0/s1. The second kappa shape index (κ2) is 7.48. The number of nitriles is 1. The zero-order chi connectivity index (χ0) is 18.7.